The highest BCUT2D eigenvalue weighted by molar-refractivity contribution is 5.72. The van der Waals surface area contributed by atoms with E-state index < -0.39 is 5.97 Å². The van der Waals surface area contributed by atoms with Crippen molar-refractivity contribution in [3.05, 3.63) is 35.4 Å². The Labute approximate surface area is 102 Å². The molecule has 0 bridgehead atoms. The van der Waals surface area contributed by atoms with E-state index in [9.17, 15) is 4.79 Å². The van der Waals surface area contributed by atoms with Gasteiger partial charge in [0.15, 0.2) is 0 Å². The largest absolute Gasteiger partial charge is 0.481 e. The summed E-state index contributed by atoms with van der Waals surface area (Å²) in [6.45, 7) is 2.92. The summed E-state index contributed by atoms with van der Waals surface area (Å²) in [5.74, 6) is -0.860. The fourth-order valence-electron chi connectivity index (χ4n) is 2.36. The predicted octanol–water partition coefficient (Wildman–Crippen LogP) is 2.20. The molecule has 2 atom stereocenters. The maximum Gasteiger partial charge on any atom is 0.308 e. The van der Waals surface area contributed by atoms with Gasteiger partial charge in [-0.25, -0.2) is 0 Å². The molecule has 1 saturated carbocycles. The fourth-order valence-corrected chi connectivity index (χ4v) is 2.36. The molecule has 1 aliphatic carbocycles. The van der Waals surface area contributed by atoms with Crippen LogP contribution in [0.5, 0.6) is 0 Å². The number of hydrogen-bond acceptors (Lipinski definition) is 2. The van der Waals surface area contributed by atoms with E-state index in [0.717, 1.165) is 25.8 Å². The Morgan fingerprint density at radius 2 is 2.06 bits per heavy atom. The van der Waals surface area contributed by atoms with Crippen molar-refractivity contribution in [2.45, 2.75) is 38.8 Å². The molecule has 0 amide bonds. The summed E-state index contributed by atoms with van der Waals surface area (Å²) in [6.07, 6.45) is 2.80. The second-order valence-electron chi connectivity index (χ2n) is 4.63. The second kappa shape index (κ2) is 5.32. The molecule has 1 aliphatic rings. The van der Waals surface area contributed by atoms with Gasteiger partial charge in [-0.05, 0) is 30.4 Å². The van der Waals surface area contributed by atoms with E-state index in [4.69, 9.17) is 5.11 Å². The first-order valence-electron chi connectivity index (χ1n) is 6.25. The van der Waals surface area contributed by atoms with Gasteiger partial charge in [0.1, 0.15) is 0 Å². The predicted molar refractivity (Wildman–Crippen MR) is 66.8 cm³/mol. The summed E-state index contributed by atoms with van der Waals surface area (Å²) in [4.78, 5) is 10.9. The van der Waals surface area contributed by atoms with E-state index in [0.29, 0.717) is 0 Å². The van der Waals surface area contributed by atoms with Crippen LogP contribution >= 0.6 is 0 Å². The average Bonchev–Trinajstić information content (AvgIpc) is 2.27. The zero-order valence-electron chi connectivity index (χ0n) is 10.1. The highest BCUT2D eigenvalue weighted by Gasteiger charge is 2.35. The van der Waals surface area contributed by atoms with Gasteiger partial charge in [0, 0.05) is 12.6 Å². The van der Waals surface area contributed by atoms with Crippen LogP contribution in [-0.2, 0) is 17.8 Å². The quantitative estimate of drug-likeness (QED) is 0.819. The first-order chi connectivity index (χ1) is 8.22. The Morgan fingerprint density at radius 1 is 1.35 bits per heavy atom. The molecule has 17 heavy (non-hydrogen) atoms. The van der Waals surface area contributed by atoms with Crippen molar-refractivity contribution in [3.8, 4) is 0 Å². The molecular weight excluding hydrogens is 214 g/mol. The average molecular weight is 233 g/mol. The van der Waals surface area contributed by atoms with Gasteiger partial charge in [0.05, 0.1) is 5.92 Å². The van der Waals surface area contributed by atoms with E-state index in [1.807, 2.05) is 12.1 Å². The third-order valence-corrected chi connectivity index (χ3v) is 3.65. The van der Waals surface area contributed by atoms with Gasteiger partial charge in [-0.2, -0.15) is 0 Å². The summed E-state index contributed by atoms with van der Waals surface area (Å²) in [5.41, 5.74) is 2.62. The molecule has 0 spiro atoms. The lowest BCUT2D eigenvalue weighted by Crippen LogP contribution is -2.47. The Morgan fingerprint density at radius 3 is 2.59 bits per heavy atom. The van der Waals surface area contributed by atoms with Crippen molar-refractivity contribution >= 4 is 5.97 Å². The van der Waals surface area contributed by atoms with E-state index in [2.05, 4.69) is 24.4 Å². The summed E-state index contributed by atoms with van der Waals surface area (Å²) in [7, 11) is 0. The molecule has 1 aromatic rings. The molecule has 92 valence electrons. The van der Waals surface area contributed by atoms with Crippen LogP contribution in [0.15, 0.2) is 24.3 Å². The molecule has 3 nitrogen and oxygen atoms in total. The van der Waals surface area contributed by atoms with E-state index in [1.165, 1.54) is 11.1 Å². The maximum absolute atomic E-state index is 10.9. The highest BCUT2D eigenvalue weighted by atomic mass is 16.4. The van der Waals surface area contributed by atoms with Crippen molar-refractivity contribution < 1.29 is 9.90 Å². The Bertz CT molecular complexity index is 403. The van der Waals surface area contributed by atoms with Crippen LogP contribution in [-0.4, -0.2) is 17.1 Å². The Balaban J connectivity index is 1.92. The third-order valence-electron chi connectivity index (χ3n) is 3.65. The van der Waals surface area contributed by atoms with E-state index in [1.54, 1.807) is 0 Å². The monoisotopic (exact) mass is 233 g/mol. The normalized spacial score (nSPS) is 23.1. The number of aryl methyl sites for hydroxylation is 1. The van der Waals surface area contributed by atoms with Crippen molar-refractivity contribution in [1.29, 1.82) is 0 Å². The van der Waals surface area contributed by atoms with Crippen LogP contribution in [0.1, 0.15) is 30.9 Å². The van der Waals surface area contributed by atoms with Gasteiger partial charge in [0.2, 0.25) is 0 Å². The van der Waals surface area contributed by atoms with Crippen LogP contribution in [0.4, 0.5) is 0 Å². The van der Waals surface area contributed by atoms with Crippen LogP contribution in [0, 0.1) is 5.92 Å². The van der Waals surface area contributed by atoms with Crippen molar-refractivity contribution in [3.63, 3.8) is 0 Å². The number of nitrogens with one attached hydrogen (secondary N) is 1. The minimum absolute atomic E-state index is 0.150. The number of hydrogen-bond donors (Lipinski definition) is 2. The number of carbonyl (C=O) groups is 1. The molecule has 1 fully saturated rings. The Kier molecular flexibility index (Phi) is 3.79. The molecule has 0 saturated heterocycles. The molecule has 1 aromatic carbocycles. The van der Waals surface area contributed by atoms with Crippen molar-refractivity contribution in [2.75, 3.05) is 0 Å². The van der Waals surface area contributed by atoms with Gasteiger partial charge in [0.25, 0.3) is 0 Å². The number of carboxylic acid groups (broad SMARTS) is 1. The fraction of sp³-hybridized carbons (Fsp3) is 0.500. The van der Waals surface area contributed by atoms with E-state index >= 15 is 0 Å². The standard InChI is InChI=1S/C14H19NO2/c1-2-10-5-3-4-6-11(10)9-15-13-8-7-12(13)14(16)17/h3-6,12-13,15H,2,7-9H2,1H3,(H,16,17). The summed E-state index contributed by atoms with van der Waals surface area (Å²) in [6, 6.07) is 8.47. The van der Waals surface area contributed by atoms with E-state index in [-0.39, 0.29) is 12.0 Å². The molecule has 2 N–H and O–H groups in total. The summed E-state index contributed by atoms with van der Waals surface area (Å²) >= 11 is 0. The van der Waals surface area contributed by atoms with Crippen LogP contribution in [0.25, 0.3) is 0 Å². The molecule has 0 radical (unpaired) electrons. The molecule has 3 heteroatoms. The number of rotatable bonds is 5. The lowest BCUT2D eigenvalue weighted by atomic mass is 9.79. The first kappa shape index (κ1) is 12.1. The first-order valence-corrected chi connectivity index (χ1v) is 6.25. The summed E-state index contributed by atoms with van der Waals surface area (Å²) in [5, 5.41) is 12.3. The van der Waals surface area contributed by atoms with Gasteiger partial charge in [-0.15, -0.1) is 0 Å². The molecule has 2 unspecified atom stereocenters. The molecule has 0 aromatic heterocycles. The molecule has 2 rings (SSSR count). The second-order valence-corrected chi connectivity index (χ2v) is 4.63. The number of carboxylic acids is 1. The van der Waals surface area contributed by atoms with Crippen LogP contribution < -0.4 is 5.32 Å². The maximum atomic E-state index is 10.9. The smallest absolute Gasteiger partial charge is 0.308 e. The SMILES string of the molecule is CCc1ccccc1CNC1CCC1C(=O)O. The highest BCUT2D eigenvalue weighted by Crippen LogP contribution is 2.27. The number of benzene rings is 1. The topological polar surface area (TPSA) is 49.3 Å². The van der Waals surface area contributed by atoms with Crippen molar-refractivity contribution in [1.82, 2.24) is 5.32 Å². The lowest BCUT2D eigenvalue weighted by Gasteiger charge is -2.34. The molecule has 0 aliphatic heterocycles. The van der Waals surface area contributed by atoms with Gasteiger partial charge in [-0.1, -0.05) is 31.2 Å². The van der Waals surface area contributed by atoms with Crippen LogP contribution in [0.2, 0.25) is 0 Å². The summed E-state index contributed by atoms with van der Waals surface area (Å²) < 4.78 is 0. The zero-order valence-corrected chi connectivity index (χ0v) is 10.1. The van der Waals surface area contributed by atoms with Gasteiger partial charge < -0.3 is 10.4 Å². The lowest BCUT2D eigenvalue weighted by molar-refractivity contribution is -0.146. The molecular formula is C14H19NO2. The van der Waals surface area contributed by atoms with Crippen molar-refractivity contribution in [2.24, 2.45) is 5.92 Å². The Hall–Kier alpha value is -1.35. The zero-order chi connectivity index (χ0) is 12.3. The van der Waals surface area contributed by atoms with Crippen LogP contribution in [0.3, 0.4) is 0 Å². The van der Waals surface area contributed by atoms with Gasteiger partial charge in [-0.3, -0.25) is 4.79 Å². The molecule has 0 heterocycles. The number of aliphatic carboxylic acids is 1. The minimum Gasteiger partial charge on any atom is -0.481 e. The third kappa shape index (κ3) is 2.67. The van der Waals surface area contributed by atoms with Gasteiger partial charge >= 0.3 is 5.97 Å². The minimum atomic E-state index is -0.669.